The molecule has 3 unspecified atom stereocenters. The molecule has 0 aliphatic rings. The minimum absolute atomic E-state index is 0.167. The summed E-state index contributed by atoms with van der Waals surface area (Å²) in [6.07, 6.45) is 6.96. The summed E-state index contributed by atoms with van der Waals surface area (Å²) in [4.78, 5) is 0. The van der Waals surface area contributed by atoms with E-state index in [0.29, 0.717) is 19.1 Å². The maximum absolute atomic E-state index is 11.7. The van der Waals surface area contributed by atoms with Crippen LogP contribution in [0.15, 0.2) is 55.1 Å². The number of allylic oxidation sites excluding steroid dienone is 2. The van der Waals surface area contributed by atoms with Crippen LogP contribution in [0.1, 0.15) is 25.8 Å². The van der Waals surface area contributed by atoms with Crippen molar-refractivity contribution in [1.29, 1.82) is 0 Å². The predicted molar refractivity (Wildman–Crippen MR) is 87.1 cm³/mol. The van der Waals surface area contributed by atoms with Crippen LogP contribution in [0.3, 0.4) is 0 Å². The third-order valence-electron chi connectivity index (χ3n) is 3.33. The molecule has 0 amide bonds. The molecule has 0 fully saturated rings. The molecule has 0 heterocycles. The largest absolute Gasteiger partial charge is 0.697 e. The van der Waals surface area contributed by atoms with Gasteiger partial charge in [-0.25, -0.2) is 0 Å². The first-order valence-electron chi connectivity index (χ1n) is 7.18. The fraction of sp³-hybridized carbons (Fsp3) is 0.412. The van der Waals surface area contributed by atoms with Crippen molar-refractivity contribution < 1.29 is 13.6 Å². The third-order valence-corrected chi connectivity index (χ3v) is 4.03. The van der Waals surface area contributed by atoms with E-state index >= 15 is 0 Å². The second-order valence-electron chi connectivity index (χ2n) is 4.96. The van der Waals surface area contributed by atoms with E-state index in [-0.39, 0.29) is 5.92 Å². The molecule has 0 spiro atoms. The smallest absolute Gasteiger partial charge is 0.118 e. The summed E-state index contributed by atoms with van der Waals surface area (Å²) in [5.74, 6) is 0.566. The first-order chi connectivity index (χ1) is 10.2. The van der Waals surface area contributed by atoms with Crippen LogP contribution in [0.25, 0.3) is 0 Å². The van der Waals surface area contributed by atoms with Crippen molar-refractivity contribution >= 4 is 8.25 Å². The van der Waals surface area contributed by atoms with E-state index in [4.69, 9.17) is 9.05 Å². The van der Waals surface area contributed by atoms with Crippen molar-refractivity contribution in [3.8, 4) is 0 Å². The Labute approximate surface area is 128 Å². The third kappa shape index (κ3) is 7.33. The summed E-state index contributed by atoms with van der Waals surface area (Å²) < 4.78 is 22.3. The number of rotatable bonds is 10. The molecule has 4 heteroatoms. The average molecular weight is 307 g/mol. The van der Waals surface area contributed by atoms with Crippen molar-refractivity contribution in [3.63, 3.8) is 0 Å². The lowest BCUT2D eigenvalue weighted by Gasteiger charge is -2.16. The molecule has 0 N–H and O–H groups in total. The van der Waals surface area contributed by atoms with Crippen LogP contribution in [0, 0.1) is 11.8 Å². The summed E-state index contributed by atoms with van der Waals surface area (Å²) in [5.41, 5.74) is 0.978. The Hall–Kier alpha value is -1.28. The van der Waals surface area contributed by atoms with Crippen LogP contribution in [-0.2, 0) is 20.2 Å². The lowest BCUT2D eigenvalue weighted by Crippen LogP contribution is -2.13. The SMILES string of the molecule is C=CC(CO[P+](=O)OCc1ccccc1)C(C)CC=CC. The molecule has 3 nitrogen and oxygen atoms in total. The van der Waals surface area contributed by atoms with E-state index in [0.717, 1.165) is 12.0 Å². The maximum atomic E-state index is 11.7. The molecule has 1 rings (SSSR count). The van der Waals surface area contributed by atoms with Crippen LogP contribution < -0.4 is 0 Å². The van der Waals surface area contributed by atoms with E-state index in [1.807, 2.05) is 49.4 Å². The molecular formula is C17H24O3P+. The zero-order chi connectivity index (χ0) is 15.5. The zero-order valence-electron chi connectivity index (χ0n) is 12.8. The topological polar surface area (TPSA) is 35.5 Å². The lowest BCUT2D eigenvalue weighted by atomic mass is 9.92. The van der Waals surface area contributed by atoms with Crippen molar-refractivity contribution in [2.24, 2.45) is 11.8 Å². The Morgan fingerprint density at radius 2 is 2.00 bits per heavy atom. The Kier molecular flexibility index (Phi) is 8.84. The zero-order valence-corrected chi connectivity index (χ0v) is 13.7. The molecule has 1 aromatic rings. The van der Waals surface area contributed by atoms with E-state index < -0.39 is 8.25 Å². The van der Waals surface area contributed by atoms with Crippen LogP contribution in [-0.4, -0.2) is 6.61 Å². The molecule has 114 valence electrons. The summed E-state index contributed by atoms with van der Waals surface area (Å²) in [5, 5.41) is 0. The molecule has 21 heavy (non-hydrogen) atoms. The molecule has 3 atom stereocenters. The van der Waals surface area contributed by atoms with Crippen molar-refractivity contribution in [3.05, 3.63) is 60.7 Å². The molecule has 0 bridgehead atoms. The highest BCUT2D eigenvalue weighted by atomic mass is 31.1. The van der Waals surface area contributed by atoms with E-state index in [2.05, 4.69) is 19.6 Å². The van der Waals surface area contributed by atoms with Crippen molar-refractivity contribution in [2.75, 3.05) is 6.61 Å². The summed E-state index contributed by atoms with van der Waals surface area (Å²) in [6.45, 7) is 8.62. The van der Waals surface area contributed by atoms with Gasteiger partial charge in [-0.1, -0.05) is 55.5 Å². The van der Waals surface area contributed by atoms with E-state index in [1.54, 1.807) is 0 Å². The lowest BCUT2D eigenvalue weighted by molar-refractivity contribution is 0.187. The molecule has 0 aliphatic carbocycles. The van der Waals surface area contributed by atoms with Gasteiger partial charge in [-0.15, -0.1) is 15.6 Å². The second kappa shape index (κ2) is 10.4. The minimum Gasteiger partial charge on any atom is -0.118 e. The van der Waals surface area contributed by atoms with Crippen LogP contribution in [0.2, 0.25) is 0 Å². The fourth-order valence-corrected chi connectivity index (χ4v) is 2.50. The molecule has 0 saturated heterocycles. The summed E-state index contributed by atoms with van der Waals surface area (Å²) >= 11 is 0. The number of benzene rings is 1. The highest BCUT2D eigenvalue weighted by Gasteiger charge is 2.24. The molecule has 0 radical (unpaired) electrons. The first-order valence-corrected chi connectivity index (χ1v) is 8.27. The Bertz CT molecular complexity index is 456. The van der Waals surface area contributed by atoms with E-state index in [1.165, 1.54) is 0 Å². The van der Waals surface area contributed by atoms with Gasteiger partial charge < -0.3 is 0 Å². The van der Waals surface area contributed by atoms with Gasteiger partial charge in [0.2, 0.25) is 0 Å². The molecule has 0 aromatic heterocycles. The number of hydrogen-bond acceptors (Lipinski definition) is 3. The minimum atomic E-state index is -2.10. The van der Waals surface area contributed by atoms with Gasteiger partial charge in [-0.3, -0.25) is 0 Å². The normalized spacial score (nSPS) is 14.9. The monoisotopic (exact) mass is 307 g/mol. The quantitative estimate of drug-likeness (QED) is 0.435. The standard InChI is InChI=1S/C17H24O3P/c1-4-6-10-15(3)17(5-2)14-20-21(18)19-13-16-11-8-7-9-12-16/h4-9,11-12,15,17H,2,10,13-14H2,1,3H3/q+1. The van der Waals surface area contributed by atoms with Crippen LogP contribution >= 0.6 is 8.25 Å². The molecule has 0 aliphatic heterocycles. The Balaban J connectivity index is 2.32. The van der Waals surface area contributed by atoms with Gasteiger partial charge in [0.05, 0.1) is 0 Å². The van der Waals surface area contributed by atoms with Crippen molar-refractivity contribution in [2.45, 2.75) is 26.9 Å². The predicted octanol–water partition coefficient (Wildman–Crippen LogP) is 5.28. The second-order valence-corrected chi connectivity index (χ2v) is 5.92. The van der Waals surface area contributed by atoms with Crippen LogP contribution in [0.4, 0.5) is 0 Å². The van der Waals surface area contributed by atoms with Gasteiger partial charge in [0.1, 0.15) is 13.2 Å². The van der Waals surface area contributed by atoms with E-state index in [9.17, 15) is 4.57 Å². The van der Waals surface area contributed by atoms with Gasteiger partial charge in [0.25, 0.3) is 0 Å². The van der Waals surface area contributed by atoms with Crippen molar-refractivity contribution in [1.82, 2.24) is 0 Å². The van der Waals surface area contributed by atoms with Crippen LogP contribution in [0.5, 0.6) is 0 Å². The molecule has 1 aromatic carbocycles. The Morgan fingerprint density at radius 1 is 1.29 bits per heavy atom. The molecule has 0 saturated carbocycles. The van der Waals surface area contributed by atoms with Gasteiger partial charge in [-0.2, -0.15) is 0 Å². The highest BCUT2D eigenvalue weighted by Crippen LogP contribution is 2.29. The average Bonchev–Trinajstić information content (AvgIpc) is 2.52. The summed E-state index contributed by atoms with van der Waals surface area (Å²) in [7, 11) is -2.10. The highest BCUT2D eigenvalue weighted by molar-refractivity contribution is 7.33. The van der Waals surface area contributed by atoms with Gasteiger partial charge in [0, 0.05) is 10.5 Å². The summed E-state index contributed by atoms with van der Waals surface area (Å²) in [6, 6.07) is 9.62. The first kappa shape index (κ1) is 17.8. The molecular weight excluding hydrogens is 283 g/mol. The fourth-order valence-electron chi connectivity index (χ4n) is 1.88. The Morgan fingerprint density at radius 3 is 2.62 bits per heavy atom. The maximum Gasteiger partial charge on any atom is 0.697 e. The number of hydrogen-bond donors (Lipinski definition) is 0. The van der Waals surface area contributed by atoms with Gasteiger partial charge >= 0.3 is 8.25 Å². The van der Waals surface area contributed by atoms with Gasteiger partial charge in [0.15, 0.2) is 0 Å². The van der Waals surface area contributed by atoms with Gasteiger partial charge in [-0.05, 0) is 24.8 Å².